The maximum Gasteiger partial charge on any atom is 0.307 e. The maximum atomic E-state index is 11.8. The third-order valence-electron chi connectivity index (χ3n) is 3.39. The molecule has 112 valence electrons. The molecule has 0 amide bonds. The summed E-state index contributed by atoms with van der Waals surface area (Å²) in [4.78, 5) is 29.8. The molecule has 0 radical (unpaired) electrons. The Kier molecular flexibility index (Phi) is 3.25. The van der Waals surface area contributed by atoms with Crippen molar-refractivity contribution in [1.29, 1.82) is 0 Å². The van der Waals surface area contributed by atoms with Crippen LogP contribution in [0.4, 0.5) is 0 Å². The summed E-state index contributed by atoms with van der Waals surface area (Å²) >= 11 is 0. The average molecular weight is 298 g/mol. The number of carboxylic acid groups (broad SMARTS) is 1. The summed E-state index contributed by atoms with van der Waals surface area (Å²) in [7, 11) is 0. The molecule has 0 unspecified atom stereocenters. The second-order valence-electron chi connectivity index (χ2n) is 5.14. The Morgan fingerprint density at radius 2 is 2.14 bits per heavy atom. The topological polar surface area (TPSA) is 101 Å². The quantitative estimate of drug-likeness (QED) is 0.760. The fourth-order valence-corrected chi connectivity index (χ4v) is 2.51. The van der Waals surface area contributed by atoms with Gasteiger partial charge in [0.05, 0.1) is 12.1 Å². The molecular weight excluding hydrogens is 284 g/mol. The Hall–Kier alpha value is -2.96. The molecule has 0 atom stereocenters. The van der Waals surface area contributed by atoms with Gasteiger partial charge < -0.3 is 10.1 Å². The molecule has 7 nitrogen and oxygen atoms in total. The highest BCUT2D eigenvalue weighted by atomic mass is 16.4. The van der Waals surface area contributed by atoms with E-state index >= 15 is 0 Å². The van der Waals surface area contributed by atoms with Gasteiger partial charge in [-0.1, -0.05) is 0 Å². The molecule has 0 aliphatic carbocycles. The Bertz CT molecular complexity index is 940. The van der Waals surface area contributed by atoms with Crippen molar-refractivity contribution in [3.63, 3.8) is 0 Å². The zero-order valence-corrected chi connectivity index (χ0v) is 12.1. The molecule has 0 fully saturated rings. The summed E-state index contributed by atoms with van der Waals surface area (Å²) in [6.45, 7) is 3.71. The number of carbonyl (C=O) groups is 1. The first-order valence-corrected chi connectivity index (χ1v) is 6.72. The number of aliphatic carboxylic acids is 1. The van der Waals surface area contributed by atoms with Crippen molar-refractivity contribution in [1.82, 2.24) is 19.7 Å². The number of nitrogens with one attached hydrogen (secondary N) is 1. The fourth-order valence-electron chi connectivity index (χ4n) is 2.51. The number of H-pyrrole nitrogens is 1. The summed E-state index contributed by atoms with van der Waals surface area (Å²) in [6.07, 6.45) is 1.43. The first kappa shape index (κ1) is 14.0. The summed E-state index contributed by atoms with van der Waals surface area (Å²) in [5.41, 5.74) is 2.20. The lowest BCUT2D eigenvalue weighted by molar-refractivity contribution is -0.136. The van der Waals surface area contributed by atoms with E-state index in [0.717, 1.165) is 5.56 Å². The third-order valence-corrected chi connectivity index (χ3v) is 3.39. The Morgan fingerprint density at radius 3 is 2.82 bits per heavy atom. The Morgan fingerprint density at radius 1 is 1.36 bits per heavy atom. The Labute approximate surface area is 125 Å². The Balaban J connectivity index is 2.32. The van der Waals surface area contributed by atoms with E-state index in [9.17, 15) is 9.59 Å². The molecule has 3 heterocycles. The zero-order chi connectivity index (χ0) is 15.9. The van der Waals surface area contributed by atoms with Crippen molar-refractivity contribution in [2.45, 2.75) is 20.3 Å². The van der Waals surface area contributed by atoms with E-state index in [0.29, 0.717) is 28.1 Å². The lowest BCUT2D eigenvalue weighted by Crippen LogP contribution is -2.11. The van der Waals surface area contributed by atoms with Crippen LogP contribution >= 0.6 is 0 Å². The van der Waals surface area contributed by atoms with Gasteiger partial charge in [0.25, 0.3) is 0 Å². The van der Waals surface area contributed by atoms with Crippen LogP contribution in [0.1, 0.15) is 16.8 Å². The number of hydrogen-bond acceptors (Lipinski definition) is 4. The predicted molar refractivity (Wildman–Crippen MR) is 80.3 cm³/mol. The molecule has 0 spiro atoms. The fraction of sp³-hybridized carbons (Fsp3) is 0.200. The average Bonchev–Trinajstić information content (AvgIpc) is 2.75. The molecule has 0 aromatic carbocycles. The van der Waals surface area contributed by atoms with Gasteiger partial charge in [-0.15, -0.1) is 0 Å². The van der Waals surface area contributed by atoms with E-state index in [1.54, 1.807) is 13.1 Å². The van der Waals surface area contributed by atoms with Crippen LogP contribution < -0.4 is 5.56 Å². The molecular formula is C15H14N4O3. The molecule has 2 N–H and O–H groups in total. The largest absolute Gasteiger partial charge is 0.481 e. The minimum atomic E-state index is -0.993. The van der Waals surface area contributed by atoms with Gasteiger partial charge in [-0.25, -0.2) is 4.98 Å². The molecule has 22 heavy (non-hydrogen) atoms. The molecule has 0 aliphatic heterocycles. The van der Waals surface area contributed by atoms with Crippen LogP contribution in [0.5, 0.6) is 0 Å². The zero-order valence-electron chi connectivity index (χ0n) is 12.1. The second kappa shape index (κ2) is 5.10. The molecule has 0 saturated carbocycles. The highest BCUT2D eigenvalue weighted by Crippen LogP contribution is 2.22. The maximum absolute atomic E-state index is 11.8. The van der Waals surface area contributed by atoms with Crippen molar-refractivity contribution in [3.05, 3.63) is 51.6 Å². The number of rotatable bonds is 3. The highest BCUT2D eigenvalue weighted by molar-refractivity contribution is 5.86. The molecule has 3 aromatic heterocycles. The number of carboxylic acids is 1. The number of aromatic amines is 1. The van der Waals surface area contributed by atoms with E-state index in [2.05, 4.69) is 15.1 Å². The number of aryl methyl sites for hydroxylation is 2. The van der Waals surface area contributed by atoms with E-state index in [-0.39, 0.29) is 12.0 Å². The highest BCUT2D eigenvalue weighted by Gasteiger charge is 2.16. The molecule has 3 aromatic rings. The van der Waals surface area contributed by atoms with E-state index in [1.807, 2.05) is 19.1 Å². The smallest absolute Gasteiger partial charge is 0.307 e. The SMILES string of the molecule is Cc1ccnc(-n2nc(C)c3c(CC(=O)O)cc(=O)[nH]c32)c1. The molecule has 7 heteroatoms. The van der Waals surface area contributed by atoms with Crippen LogP contribution in [0.3, 0.4) is 0 Å². The first-order valence-electron chi connectivity index (χ1n) is 6.72. The molecule has 0 bridgehead atoms. The van der Waals surface area contributed by atoms with Crippen LogP contribution in [-0.2, 0) is 11.2 Å². The number of aromatic nitrogens is 4. The van der Waals surface area contributed by atoms with E-state index < -0.39 is 5.97 Å². The summed E-state index contributed by atoms with van der Waals surface area (Å²) in [5.74, 6) is -0.422. The minimum absolute atomic E-state index is 0.228. The number of pyridine rings is 2. The monoisotopic (exact) mass is 298 g/mol. The van der Waals surface area contributed by atoms with Gasteiger partial charge >= 0.3 is 5.97 Å². The normalized spacial score (nSPS) is 11.0. The predicted octanol–water partition coefficient (Wildman–Crippen LogP) is 1.35. The standard InChI is InChI=1S/C15H14N4O3/c1-8-3-4-16-11(5-8)19-15-14(9(2)18-19)10(7-13(21)22)6-12(20)17-15/h3-6H,7H2,1-2H3,(H,17,20)(H,21,22). The number of fused-ring (bicyclic) bond motifs is 1. The van der Waals surface area contributed by atoms with Gasteiger partial charge in [-0.05, 0) is 37.1 Å². The van der Waals surface area contributed by atoms with E-state index in [4.69, 9.17) is 5.11 Å². The van der Waals surface area contributed by atoms with Crippen LogP contribution in [0.2, 0.25) is 0 Å². The lowest BCUT2D eigenvalue weighted by Gasteiger charge is -2.04. The van der Waals surface area contributed by atoms with E-state index in [1.165, 1.54) is 10.7 Å². The number of hydrogen-bond donors (Lipinski definition) is 2. The van der Waals surface area contributed by atoms with Crippen molar-refractivity contribution in [2.75, 3.05) is 0 Å². The minimum Gasteiger partial charge on any atom is -0.481 e. The lowest BCUT2D eigenvalue weighted by atomic mass is 10.1. The van der Waals surface area contributed by atoms with Crippen molar-refractivity contribution in [3.8, 4) is 5.82 Å². The van der Waals surface area contributed by atoms with Gasteiger partial charge in [0.15, 0.2) is 5.82 Å². The van der Waals surface area contributed by atoms with Gasteiger partial charge in [0.2, 0.25) is 5.56 Å². The van der Waals surface area contributed by atoms with Crippen molar-refractivity contribution in [2.24, 2.45) is 0 Å². The van der Waals surface area contributed by atoms with Crippen LogP contribution in [-0.4, -0.2) is 30.8 Å². The third kappa shape index (κ3) is 2.37. The van der Waals surface area contributed by atoms with Gasteiger partial charge in [0.1, 0.15) is 5.65 Å². The van der Waals surface area contributed by atoms with Crippen molar-refractivity contribution >= 4 is 17.0 Å². The summed E-state index contributed by atoms with van der Waals surface area (Å²) in [5, 5.41) is 14.1. The molecule has 3 rings (SSSR count). The number of nitrogens with zero attached hydrogens (tertiary/aromatic N) is 3. The van der Waals surface area contributed by atoms with Crippen LogP contribution in [0, 0.1) is 13.8 Å². The first-order chi connectivity index (χ1) is 10.5. The van der Waals surface area contributed by atoms with Gasteiger partial charge in [0, 0.05) is 17.6 Å². The van der Waals surface area contributed by atoms with Crippen LogP contribution in [0.15, 0.2) is 29.2 Å². The molecule has 0 aliphatic rings. The summed E-state index contributed by atoms with van der Waals surface area (Å²) < 4.78 is 1.53. The van der Waals surface area contributed by atoms with Gasteiger partial charge in [-0.3, -0.25) is 9.59 Å². The molecule has 0 saturated heterocycles. The summed E-state index contributed by atoms with van der Waals surface area (Å²) in [6, 6.07) is 5.01. The van der Waals surface area contributed by atoms with Gasteiger partial charge in [-0.2, -0.15) is 9.78 Å². The van der Waals surface area contributed by atoms with Crippen LogP contribution in [0.25, 0.3) is 16.9 Å². The second-order valence-corrected chi connectivity index (χ2v) is 5.14. The van der Waals surface area contributed by atoms with Crippen molar-refractivity contribution < 1.29 is 9.90 Å².